The van der Waals surface area contributed by atoms with Crippen molar-refractivity contribution < 1.29 is 28.8 Å². The summed E-state index contributed by atoms with van der Waals surface area (Å²) >= 11 is 0. The van der Waals surface area contributed by atoms with Gasteiger partial charge in [-0.3, -0.25) is 0 Å². The maximum atomic E-state index is 10.5. The average Bonchev–Trinajstić information content (AvgIpc) is 1.94. The number of hydrogen-bond donors (Lipinski definition) is 0. The summed E-state index contributed by atoms with van der Waals surface area (Å²) in [5, 5.41) is 10.5. The fraction of sp³-hybridized carbons (Fsp3) is 0.222. The molecule has 0 atom stereocenters. The predicted octanol–water partition coefficient (Wildman–Crippen LogP) is -2.33. The standard InChI is InChI=1S/C9H10O2.Li/c1-6-3-4-7(2)8(5-6)9(10)11;/h3-5H,1-2H3,(H,10,11);/q;+1/p-1. The van der Waals surface area contributed by atoms with E-state index >= 15 is 0 Å². The number of aryl methyl sites for hydroxylation is 2. The summed E-state index contributed by atoms with van der Waals surface area (Å²) in [5.41, 5.74) is 1.97. The van der Waals surface area contributed by atoms with Crippen LogP contribution in [0.5, 0.6) is 0 Å². The molecular weight excluding hydrogens is 147 g/mol. The van der Waals surface area contributed by atoms with E-state index in [-0.39, 0.29) is 24.4 Å². The summed E-state index contributed by atoms with van der Waals surface area (Å²) < 4.78 is 0. The zero-order valence-electron chi connectivity index (χ0n) is 7.55. The van der Waals surface area contributed by atoms with Gasteiger partial charge >= 0.3 is 18.9 Å². The first-order valence-corrected chi connectivity index (χ1v) is 3.40. The summed E-state index contributed by atoms with van der Waals surface area (Å²) in [5.74, 6) is -1.11. The Hall–Kier alpha value is -0.713. The van der Waals surface area contributed by atoms with Gasteiger partial charge in [-0.05, 0) is 25.5 Å². The first-order chi connectivity index (χ1) is 5.11. The molecule has 0 saturated carbocycles. The van der Waals surface area contributed by atoms with Crippen LogP contribution in [0.1, 0.15) is 21.5 Å². The Morgan fingerprint density at radius 1 is 1.33 bits per heavy atom. The molecule has 0 bridgehead atoms. The molecule has 0 heterocycles. The molecule has 3 heteroatoms. The van der Waals surface area contributed by atoms with E-state index in [2.05, 4.69) is 0 Å². The van der Waals surface area contributed by atoms with Crippen molar-refractivity contribution in [2.24, 2.45) is 0 Å². The van der Waals surface area contributed by atoms with Gasteiger partial charge in [-0.2, -0.15) is 0 Å². The van der Waals surface area contributed by atoms with Gasteiger partial charge in [-0.1, -0.05) is 17.7 Å². The molecule has 0 saturated heterocycles. The molecule has 1 aromatic carbocycles. The van der Waals surface area contributed by atoms with Gasteiger partial charge in [-0.15, -0.1) is 0 Å². The molecule has 58 valence electrons. The van der Waals surface area contributed by atoms with Crippen molar-refractivity contribution in [3.05, 3.63) is 34.9 Å². The number of carboxylic acid groups (broad SMARTS) is 1. The molecule has 0 aliphatic heterocycles. The van der Waals surface area contributed by atoms with Crippen molar-refractivity contribution in [3.8, 4) is 0 Å². The topological polar surface area (TPSA) is 40.1 Å². The molecular formula is C9H9LiO2. The summed E-state index contributed by atoms with van der Waals surface area (Å²) in [4.78, 5) is 10.5. The third-order valence-corrected chi connectivity index (χ3v) is 1.61. The largest absolute Gasteiger partial charge is 1.00 e. The zero-order chi connectivity index (χ0) is 8.43. The molecule has 0 amide bonds. The van der Waals surface area contributed by atoms with E-state index in [1.165, 1.54) is 0 Å². The number of carboxylic acids is 1. The van der Waals surface area contributed by atoms with Crippen LogP contribution in [0, 0.1) is 13.8 Å². The second kappa shape index (κ2) is 4.35. The summed E-state index contributed by atoms with van der Waals surface area (Å²) in [6.07, 6.45) is 0. The fourth-order valence-corrected chi connectivity index (χ4v) is 0.956. The van der Waals surface area contributed by atoms with Gasteiger partial charge in [-0.25, -0.2) is 0 Å². The van der Waals surface area contributed by atoms with Crippen molar-refractivity contribution >= 4 is 5.97 Å². The van der Waals surface area contributed by atoms with E-state index < -0.39 is 5.97 Å². The molecule has 0 aliphatic rings. The minimum Gasteiger partial charge on any atom is -0.545 e. The van der Waals surface area contributed by atoms with Gasteiger partial charge < -0.3 is 9.90 Å². The van der Waals surface area contributed by atoms with Crippen molar-refractivity contribution in [1.82, 2.24) is 0 Å². The van der Waals surface area contributed by atoms with Crippen LogP contribution in [0.2, 0.25) is 0 Å². The van der Waals surface area contributed by atoms with E-state index in [9.17, 15) is 9.90 Å². The minimum absolute atomic E-state index is 0. The third kappa shape index (κ3) is 2.40. The second-order valence-corrected chi connectivity index (χ2v) is 2.61. The molecule has 0 spiro atoms. The summed E-state index contributed by atoms with van der Waals surface area (Å²) in [6.45, 7) is 3.61. The van der Waals surface area contributed by atoms with Crippen LogP contribution in [0.4, 0.5) is 0 Å². The minimum atomic E-state index is -1.11. The van der Waals surface area contributed by atoms with Crippen LogP contribution < -0.4 is 24.0 Å². The van der Waals surface area contributed by atoms with E-state index in [1.54, 1.807) is 19.1 Å². The van der Waals surface area contributed by atoms with Gasteiger partial charge in [0.15, 0.2) is 0 Å². The first-order valence-electron chi connectivity index (χ1n) is 3.40. The number of rotatable bonds is 1. The molecule has 0 unspecified atom stereocenters. The van der Waals surface area contributed by atoms with Crippen LogP contribution in [-0.4, -0.2) is 5.97 Å². The van der Waals surface area contributed by atoms with Crippen molar-refractivity contribution in [1.29, 1.82) is 0 Å². The number of carbonyl (C=O) groups is 1. The molecule has 0 radical (unpaired) electrons. The van der Waals surface area contributed by atoms with Gasteiger partial charge in [0.2, 0.25) is 0 Å². The Balaban J connectivity index is 0.00000121. The fourth-order valence-electron chi connectivity index (χ4n) is 0.956. The third-order valence-electron chi connectivity index (χ3n) is 1.61. The Kier molecular flexibility index (Phi) is 4.09. The molecule has 12 heavy (non-hydrogen) atoms. The van der Waals surface area contributed by atoms with E-state index in [4.69, 9.17) is 0 Å². The molecule has 0 N–H and O–H groups in total. The first kappa shape index (κ1) is 11.3. The van der Waals surface area contributed by atoms with Crippen LogP contribution in [0.3, 0.4) is 0 Å². The number of carbonyl (C=O) groups excluding carboxylic acids is 1. The summed E-state index contributed by atoms with van der Waals surface area (Å²) in [6, 6.07) is 5.27. The second-order valence-electron chi connectivity index (χ2n) is 2.61. The summed E-state index contributed by atoms with van der Waals surface area (Å²) in [7, 11) is 0. The normalized spacial score (nSPS) is 8.83. The van der Waals surface area contributed by atoms with Gasteiger partial charge in [0.1, 0.15) is 0 Å². The maximum Gasteiger partial charge on any atom is 1.00 e. The van der Waals surface area contributed by atoms with Crippen LogP contribution >= 0.6 is 0 Å². The van der Waals surface area contributed by atoms with E-state index in [0.717, 1.165) is 11.1 Å². The molecule has 1 aromatic rings. The van der Waals surface area contributed by atoms with Gasteiger partial charge in [0.25, 0.3) is 0 Å². The van der Waals surface area contributed by atoms with Crippen LogP contribution in [0.25, 0.3) is 0 Å². The Labute approximate surface area is 83.8 Å². The SMILES string of the molecule is Cc1ccc(C)c(C(=O)[O-])c1.[Li+]. The number of benzene rings is 1. The number of aromatic carboxylic acids is 1. The Morgan fingerprint density at radius 2 is 1.92 bits per heavy atom. The maximum absolute atomic E-state index is 10.5. The van der Waals surface area contributed by atoms with Crippen molar-refractivity contribution in [2.75, 3.05) is 0 Å². The molecule has 1 rings (SSSR count). The Morgan fingerprint density at radius 3 is 2.33 bits per heavy atom. The molecule has 0 aliphatic carbocycles. The Bertz CT molecular complexity index is 295. The zero-order valence-corrected chi connectivity index (χ0v) is 7.55. The molecule has 0 aromatic heterocycles. The van der Waals surface area contributed by atoms with Gasteiger partial charge in [0.05, 0.1) is 5.97 Å². The number of hydrogen-bond acceptors (Lipinski definition) is 2. The molecule has 0 fully saturated rings. The average molecular weight is 156 g/mol. The monoisotopic (exact) mass is 156 g/mol. The smallest absolute Gasteiger partial charge is 0.545 e. The van der Waals surface area contributed by atoms with Gasteiger partial charge in [0, 0.05) is 5.56 Å². The molecule has 2 nitrogen and oxygen atoms in total. The van der Waals surface area contributed by atoms with Crippen molar-refractivity contribution in [3.63, 3.8) is 0 Å². The van der Waals surface area contributed by atoms with Crippen LogP contribution in [0.15, 0.2) is 18.2 Å². The van der Waals surface area contributed by atoms with Crippen LogP contribution in [-0.2, 0) is 0 Å². The predicted molar refractivity (Wildman–Crippen MR) is 40.2 cm³/mol. The quantitative estimate of drug-likeness (QED) is 0.428. The van der Waals surface area contributed by atoms with E-state index in [0.29, 0.717) is 0 Å². The van der Waals surface area contributed by atoms with Crippen molar-refractivity contribution in [2.45, 2.75) is 13.8 Å². The van der Waals surface area contributed by atoms with E-state index in [1.807, 2.05) is 13.0 Å².